The number of alkyl halides is 3. The zero-order chi connectivity index (χ0) is 34.5. The van der Waals surface area contributed by atoms with Gasteiger partial charge in [0, 0.05) is 29.2 Å². The fourth-order valence-electron chi connectivity index (χ4n) is 5.82. The monoisotopic (exact) mass is 709 g/mol. The first-order valence-electron chi connectivity index (χ1n) is 15.2. The topological polar surface area (TPSA) is 111 Å². The highest BCUT2D eigenvalue weighted by Crippen LogP contribution is 2.42. The van der Waals surface area contributed by atoms with Crippen LogP contribution in [0.1, 0.15) is 60.8 Å². The van der Waals surface area contributed by atoms with Crippen LogP contribution in [0.3, 0.4) is 0 Å². The number of sulfonamides is 1. The Bertz CT molecular complexity index is 1770. The summed E-state index contributed by atoms with van der Waals surface area (Å²) in [6.45, 7) is 0.164. The van der Waals surface area contributed by atoms with E-state index in [-0.39, 0.29) is 47.5 Å². The number of hydrogen-bond donors (Lipinski definition) is 1. The van der Waals surface area contributed by atoms with Crippen LogP contribution in [0.4, 0.5) is 22.7 Å². The Morgan fingerprint density at radius 3 is 2.52 bits per heavy atom. The molecule has 3 aromatic carbocycles. The number of rotatable bonds is 14. The lowest BCUT2D eigenvalue weighted by atomic mass is 9.86. The molecular weight excluding hydrogens is 675 g/mol. The van der Waals surface area contributed by atoms with E-state index in [0.717, 1.165) is 33.5 Å². The number of fused-ring (bicyclic) bond motifs is 1. The molecule has 0 amide bonds. The fraction of sp³-hybridized carbons (Fsp3) is 0.394. The van der Waals surface area contributed by atoms with Crippen molar-refractivity contribution in [2.24, 2.45) is 5.92 Å². The molecule has 0 saturated heterocycles. The zero-order valence-electron chi connectivity index (χ0n) is 26.2. The molecule has 1 N–H and O–H groups in total. The highest BCUT2D eigenvalue weighted by Gasteiger charge is 2.40. The summed E-state index contributed by atoms with van der Waals surface area (Å²) in [5, 5.41) is 10.6. The van der Waals surface area contributed by atoms with Crippen molar-refractivity contribution in [3.63, 3.8) is 0 Å². The van der Waals surface area contributed by atoms with E-state index in [1.165, 1.54) is 44.8 Å². The maximum absolute atomic E-state index is 14.1. The van der Waals surface area contributed by atoms with Crippen molar-refractivity contribution in [1.82, 2.24) is 9.36 Å². The number of aromatic nitrogens is 2. The number of ether oxygens (including phenoxy) is 3. The van der Waals surface area contributed by atoms with Crippen LogP contribution in [0.15, 0.2) is 71.9 Å². The number of aliphatic hydroxyl groups excluding tert-OH is 1. The molecule has 15 heteroatoms. The molecule has 48 heavy (non-hydrogen) atoms. The number of nitrogens with zero attached hydrogens (tertiary/aromatic N) is 3. The van der Waals surface area contributed by atoms with Gasteiger partial charge in [-0.3, -0.25) is 0 Å². The quantitative estimate of drug-likeness (QED) is 0.135. The molecule has 0 spiro atoms. The van der Waals surface area contributed by atoms with E-state index in [2.05, 4.69) is 9.36 Å². The molecule has 2 heterocycles. The molecule has 0 bridgehead atoms. The van der Waals surface area contributed by atoms with E-state index in [0.29, 0.717) is 35.7 Å². The van der Waals surface area contributed by atoms with Gasteiger partial charge in [0.05, 0.1) is 44.3 Å². The Morgan fingerprint density at radius 2 is 1.85 bits per heavy atom. The largest absolute Gasteiger partial charge is 0.497 e. The Balaban J connectivity index is 1.31. The number of hydrogen-bond acceptors (Lipinski definition) is 9. The molecule has 1 aliphatic rings. The number of methoxy groups -OCH3 is 2. The van der Waals surface area contributed by atoms with Crippen molar-refractivity contribution >= 4 is 26.7 Å². The van der Waals surface area contributed by atoms with Gasteiger partial charge in [0.2, 0.25) is 5.13 Å². The SMILES string of the molecule is COc1ccc(CN(c2ncns2)S(=O)(=O)c2ccc3c(c2)OCC[C@@H]3CCC[C@H](CC(O)c2ccc(F)cc2)C(F)(F)F)c(OC)c1. The van der Waals surface area contributed by atoms with Gasteiger partial charge in [-0.1, -0.05) is 24.6 Å². The molecule has 0 saturated carbocycles. The van der Waals surface area contributed by atoms with Gasteiger partial charge in [0.1, 0.15) is 29.4 Å². The van der Waals surface area contributed by atoms with Gasteiger partial charge in [-0.15, -0.1) is 0 Å². The minimum atomic E-state index is -4.52. The van der Waals surface area contributed by atoms with Crippen molar-refractivity contribution in [1.29, 1.82) is 0 Å². The number of anilines is 1. The summed E-state index contributed by atoms with van der Waals surface area (Å²) in [6.07, 6.45) is -4.18. The Hall–Kier alpha value is -3.95. The van der Waals surface area contributed by atoms with Gasteiger partial charge in [0.15, 0.2) is 0 Å². The van der Waals surface area contributed by atoms with E-state index in [4.69, 9.17) is 14.2 Å². The van der Waals surface area contributed by atoms with Crippen LogP contribution in [0.2, 0.25) is 0 Å². The molecule has 0 aliphatic carbocycles. The van der Waals surface area contributed by atoms with Crippen LogP contribution >= 0.6 is 11.5 Å². The summed E-state index contributed by atoms with van der Waals surface area (Å²) >= 11 is 0.916. The average Bonchev–Trinajstić information content (AvgIpc) is 3.61. The van der Waals surface area contributed by atoms with Crippen LogP contribution in [0.25, 0.3) is 0 Å². The van der Waals surface area contributed by atoms with Gasteiger partial charge >= 0.3 is 6.18 Å². The van der Waals surface area contributed by atoms with Crippen LogP contribution in [-0.4, -0.2) is 49.9 Å². The van der Waals surface area contributed by atoms with Crippen LogP contribution in [0, 0.1) is 11.7 Å². The molecular formula is C33H35F4N3O6S2. The predicted octanol–water partition coefficient (Wildman–Crippen LogP) is 7.43. The molecule has 1 unspecified atom stereocenters. The summed E-state index contributed by atoms with van der Waals surface area (Å²) in [5.41, 5.74) is 1.51. The summed E-state index contributed by atoms with van der Waals surface area (Å²) < 4.78 is 105. The van der Waals surface area contributed by atoms with Crippen molar-refractivity contribution in [2.75, 3.05) is 25.1 Å². The van der Waals surface area contributed by atoms with E-state index in [9.17, 15) is 31.1 Å². The molecule has 0 fully saturated rings. The van der Waals surface area contributed by atoms with Crippen molar-refractivity contribution in [3.8, 4) is 17.2 Å². The van der Waals surface area contributed by atoms with E-state index in [1.54, 1.807) is 24.3 Å². The fourth-order valence-corrected chi connectivity index (χ4v) is 7.96. The molecule has 4 aromatic rings. The third-order valence-electron chi connectivity index (χ3n) is 8.44. The standard InChI is InChI=1S/C33H35F4N3O6S2/c1-44-26-11-8-23(30(17-26)45-2)19-40(32-38-20-39-47-32)48(42,43)27-12-13-28-21(14-15-46-31(28)18-27)4-3-5-24(33(35,36)37)16-29(41)22-6-9-25(34)10-7-22/h6-13,17-18,20-21,24,29,41H,3-5,14-16,19H2,1-2H3/t21-,24+,29?/m0/s1. The van der Waals surface area contributed by atoms with E-state index in [1.807, 2.05) is 0 Å². The zero-order valence-corrected chi connectivity index (χ0v) is 27.8. The van der Waals surface area contributed by atoms with Crippen LogP contribution < -0.4 is 18.5 Å². The predicted molar refractivity (Wildman–Crippen MR) is 171 cm³/mol. The number of halogens is 4. The molecule has 1 aliphatic heterocycles. The van der Waals surface area contributed by atoms with Gasteiger partial charge in [-0.05, 0) is 73.1 Å². The molecule has 3 atom stereocenters. The third kappa shape index (κ3) is 8.18. The van der Waals surface area contributed by atoms with E-state index >= 15 is 0 Å². The lowest BCUT2D eigenvalue weighted by Crippen LogP contribution is -2.31. The Labute approximate surface area is 280 Å². The highest BCUT2D eigenvalue weighted by atomic mass is 32.2. The first-order chi connectivity index (χ1) is 22.9. The normalized spacial score (nSPS) is 16.0. The highest BCUT2D eigenvalue weighted by molar-refractivity contribution is 7.93. The smallest absolute Gasteiger partial charge is 0.391 e. The maximum Gasteiger partial charge on any atom is 0.391 e. The lowest BCUT2D eigenvalue weighted by Gasteiger charge is -2.28. The van der Waals surface area contributed by atoms with Gasteiger partial charge in [-0.25, -0.2) is 22.1 Å². The summed E-state index contributed by atoms with van der Waals surface area (Å²) in [7, 11) is -1.21. The van der Waals surface area contributed by atoms with Crippen LogP contribution in [0.5, 0.6) is 17.2 Å². The molecule has 1 aromatic heterocycles. The second kappa shape index (κ2) is 15.1. The van der Waals surface area contributed by atoms with E-state index < -0.39 is 40.5 Å². The Kier molecular flexibility index (Phi) is 11.1. The molecule has 9 nitrogen and oxygen atoms in total. The third-order valence-corrected chi connectivity index (χ3v) is 11.0. The Morgan fingerprint density at radius 1 is 1.08 bits per heavy atom. The second-order valence-corrected chi connectivity index (χ2v) is 14.0. The van der Waals surface area contributed by atoms with Gasteiger partial charge in [0.25, 0.3) is 10.0 Å². The second-order valence-electron chi connectivity index (χ2n) is 11.4. The number of aliphatic hydroxyl groups is 1. The summed E-state index contributed by atoms with van der Waals surface area (Å²) in [5.74, 6) is -1.12. The summed E-state index contributed by atoms with van der Waals surface area (Å²) in [4.78, 5) is 4.10. The van der Waals surface area contributed by atoms with Crippen LogP contribution in [-0.2, 0) is 16.6 Å². The first kappa shape index (κ1) is 35.4. The van der Waals surface area contributed by atoms with Gasteiger partial charge < -0.3 is 19.3 Å². The summed E-state index contributed by atoms with van der Waals surface area (Å²) in [6, 6.07) is 14.4. The lowest BCUT2D eigenvalue weighted by molar-refractivity contribution is -0.184. The van der Waals surface area contributed by atoms with Crippen molar-refractivity contribution in [3.05, 3.63) is 89.5 Å². The minimum absolute atomic E-state index is 0.0449. The minimum Gasteiger partial charge on any atom is -0.497 e. The van der Waals surface area contributed by atoms with Crippen molar-refractivity contribution < 1.29 is 45.3 Å². The van der Waals surface area contributed by atoms with Crippen molar-refractivity contribution in [2.45, 2.75) is 61.7 Å². The molecule has 5 rings (SSSR count). The average molecular weight is 710 g/mol. The molecule has 258 valence electrons. The van der Waals surface area contributed by atoms with Gasteiger partial charge in [-0.2, -0.15) is 17.5 Å². The first-order valence-corrected chi connectivity index (χ1v) is 17.4. The number of benzene rings is 3. The maximum atomic E-state index is 14.1. The molecule has 0 radical (unpaired) electrons.